The molecule has 0 saturated heterocycles. The molecule has 1 N–H and O–H groups in total. The molecular formula is C14H18O3. The number of rotatable bonds is 5. The van der Waals surface area contributed by atoms with Gasteiger partial charge in [0.25, 0.3) is 0 Å². The van der Waals surface area contributed by atoms with Crippen molar-refractivity contribution in [3.8, 4) is 0 Å². The van der Waals surface area contributed by atoms with Crippen molar-refractivity contribution in [2.24, 2.45) is 0 Å². The first kappa shape index (κ1) is 13.5. The molecule has 0 fully saturated rings. The maximum atomic E-state index is 11.4. The highest BCUT2D eigenvalue weighted by Crippen LogP contribution is 2.26. The summed E-state index contributed by atoms with van der Waals surface area (Å²) in [4.78, 5) is 11.4. The Balaban J connectivity index is 2.98. The Labute approximate surface area is 102 Å². The Morgan fingerprint density at radius 3 is 2.47 bits per heavy atom. The first-order chi connectivity index (χ1) is 8.00. The molecule has 1 aromatic rings. The number of carbonyl (C=O) groups is 1. The van der Waals surface area contributed by atoms with E-state index in [4.69, 9.17) is 4.74 Å². The van der Waals surface area contributed by atoms with Gasteiger partial charge < -0.3 is 9.84 Å². The molecule has 0 aliphatic rings. The lowest BCUT2D eigenvalue weighted by Crippen LogP contribution is -2.35. The van der Waals surface area contributed by atoms with Crippen LogP contribution in [0.1, 0.15) is 25.0 Å². The van der Waals surface area contributed by atoms with Crippen LogP contribution in [0.5, 0.6) is 0 Å². The molecular weight excluding hydrogens is 216 g/mol. The molecule has 0 bridgehead atoms. The minimum atomic E-state index is -1.30. The highest BCUT2D eigenvalue weighted by Gasteiger charge is 2.35. The number of hydrogen-bond donors (Lipinski definition) is 1. The summed E-state index contributed by atoms with van der Waals surface area (Å²) in [5.74, 6) is -0.981. The Kier molecular flexibility index (Phi) is 4.46. The van der Waals surface area contributed by atoms with Crippen LogP contribution in [0.2, 0.25) is 0 Å². The topological polar surface area (TPSA) is 46.5 Å². The second-order valence-corrected chi connectivity index (χ2v) is 4.08. The Bertz CT molecular complexity index is 406. The number of benzene rings is 1. The van der Waals surface area contributed by atoms with E-state index in [9.17, 15) is 9.90 Å². The zero-order valence-electron chi connectivity index (χ0n) is 10.4. The van der Waals surface area contributed by atoms with Gasteiger partial charge in [0.2, 0.25) is 0 Å². The van der Waals surface area contributed by atoms with Gasteiger partial charge in [-0.3, -0.25) is 0 Å². The van der Waals surface area contributed by atoms with Gasteiger partial charge in [0.05, 0.1) is 6.61 Å². The monoisotopic (exact) mass is 234 g/mol. The van der Waals surface area contributed by atoms with Gasteiger partial charge in [0.1, 0.15) is 0 Å². The van der Waals surface area contributed by atoms with E-state index < -0.39 is 11.6 Å². The number of hydrogen-bond acceptors (Lipinski definition) is 2. The van der Waals surface area contributed by atoms with Crippen molar-refractivity contribution in [1.82, 2.24) is 0 Å². The average Bonchev–Trinajstić information content (AvgIpc) is 2.29. The van der Waals surface area contributed by atoms with Gasteiger partial charge in [0, 0.05) is 0 Å². The molecule has 0 radical (unpaired) electrons. The summed E-state index contributed by atoms with van der Waals surface area (Å²) in [7, 11) is 0. The van der Waals surface area contributed by atoms with Crippen molar-refractivity contribution < 1.29 is 14.6 Å². The third-order valence-corrected chi connectivity index (χ3v) is 2.71. The van der Waals surface area contributed by atoms with Crippen LogP contribution in [-0.4, -0.2) is 17.7 Å². The number of carboxylic acid groups (broad SMARTS) is 1. The van der Waals surface area contributed by atoms with E-state index in [0.29, 0.717) is 5.56 Å². The van der Waals surface area contributed by atoms with Crippen molar-refractivity contribution in [1.29, 1.82) is 0 Å². The highest BCUT2D eigenvalue weighted by molar-refractivity contribution is 5.79. The molecule has 0 aliphatic carbocycles. The fourth-order valence-corrected chi connectivity index (χ4v) is 1.45. The molecule has 3 heteroatoms. The molecule has 0 aromatic heterocycles. The molecule has 1 unspecified atom stereocenters. The molecule has 1 atom stereocenters. The van der Waals surface area contributed by atoms with Crippen molar-refractivity contribution in [2.75, 3.05) is 6.61 Å². The largest absolute Gasteiger partial charge is 0.479 e. The van der Waals surface area contributed by atoms with Crippen molar-refractivity contribution in [2.45, 2.75) is 26.4 Å². The third kappa shape index (κ3) is 3.17. The predicted octanol–water partition coefficient (Wildman–Crippen LogP) is 2.89. The van der Waals surface area contributed by atoms with E-state index in [2.05, 4.69) is 0 Å². The fourth-order valence-electron chi connectivity index (χ4n) is 1.45. The smallest absolute Gasteiger partial charge is 0.340 e. The molecule has 0 saturated carbocycles. The average molecular weight is 234 g/mol. The van der Waals surface area contributed by atoms with E-state index >= 15 is 0 Å². The zero-order chi connectivity index (χ0) is 12.9. The molecule has 0 heterocycles. The first-order valence-electron chi connectivity index (χ1n) is 5.56. The summed E-state index contributed by atoms with van der Waals surface area (Å²) >= 11 is 0. The van der Waals surface area contributed by atoms with Crippen LogP contribution in [0.15, 0.2) is 36.4 Å². The molecule has 92 valence electrons. The number of aryl methyl sites for hydroxylation is 1. The van der Waals surface area contributed by atoms with E-state index in [1.807, 2.05) is 32.1 Å². The Hall–Kier alpha value is -1.61. The van der Waals surface area contributed by atoms with E-state index in [-0.39, 0.29) is 6.61 Å². The molecule has 3 nitrogen and oxygen atoms in total. The van der Waals surface area contributed by atoms with Crippen molar-refractivity contribution >= 4 is 5.97 Å². The van der Waals surface area contributed by atoms with Gasteiger partial charge in [-0.15, -0.1) is 0 Å². The van der Waals surface area contributed by atoms with E-state index in [1.165, 1.54) is 0 Å². The summed E-state index contributed by atoms with van der Waals surface area (Å²) in [6, 6.07) is 7.35. The highest BCUT2D eigenvalue weighted by atomic mass is 16.5. The molecule has 17 heavy (non-hydrogen) atoms. The maximum Gasteiger partial charge on any atom is 0.340 e. The van der Waals surface area contributed by atoms with Gasteiger partial charge in [-0.2, -0.15) is 0 Å². The quantitative estimate of drug-likeness (QED) is 0.797. The standard InChI is InChI=1S/C14H18O3/c1-4-5-10-17-14(3,13(15)16)12-8-6-11(2)7-9-12/h4-9H,10H2,1-3H3,(H,15,16). The first-order valence-corrected chi connectivity index (χ1v) is 5.56. The summed E-state index contributed by atoms with van der Waals surface area (Å²) < 4.78 is 5.47. The van der Waals surface area contributed by atoms with Gasteiger partial charge in [-0.1, -0.05) is 42.0 Å². The van der Waals surface area contributed by atoms with Crippen LogP contribution in [0.25, 0.3) is 0 Å². The van der Waals surface area contributed by atoms with Gasteiger partial charge in [0.15, 0.2) is 5.60 Å². The maximum absolute atomic E-state index is 11.4. The van der Waals surface area contributed by atoms with Crippen LogP contribution in [0.4, 0.5) is 0 Å². The Morgan fingerprint density at radius 1 is 1.41 bits per heavy atom. The number of carboxylic acids is 1. The lowest BCUT2D eigenvalue weighted by Gasteiger charge is -2.25. The van der Waals surface area contributed by atoms with Crippen LogP contribution < -0.4 is 0 Å². The number of aliphatic carboxylic acids is 1. The second kappa shape index (κ2) is 5.64. The van der Waals surface area contributed by atoms with Crippen LogP contribution >= 0.6 is 0 Å². The molecule has 1 rings (SSSR count). The lowest BCUT2D eigenvalue weighted by molar-refractivity contribution is -0.163. The predicted molar refractivity (Wildman–Crippen MR) is 66.9 cm³/mol. The van der Waals surface area contributed by atoms with Crippen LogP contribution in [0.3, 0.4) is 0 Å². The van der Waals surface area contributed by atoms with Gasteiger partial charge >= 0.3 is 5.97 Å². The van der Waals surface area contributed by atoms with Crippen molar-refractivity contribution in [3.63, 3.8) is 0 Å². The molecule has 0 amide bonds. The lowest BCUT2D eigenvalue weighted by atomic mass is 9.95. The van der Waals surface area contributed by atoms with Gasteiger partial charge in [-0.25, -0.2) is 4.79 Å². The summed E-state index contributed by atoms with van der Waals surface area (Å²) in [5, 5.41) is 9.31. The van der Waals surface area contributed by atoms with Crippen LogP contribution in [-0.2, 0) is 15.1 Å². The van der Waals surface area contributed by atoms with E-state index in [1.54, 1.807) is 25.1 Å². The van der Waals surface area contributed by atoms with Crippen molar-refractivity contribution in [3.05, 3.63) is 47.5 Å². The fraction of sp³-hybridized carbons (Fsp3) is 0.357. The van der Waals surface area contributed by atoms with Crippen LogP contribution in [0, 0.1) is 6.92 Å². The zero-order valence-corrected chi connectivity index (χ0v) is 10.4. The summed E-state index contributed by atoms with van der Waals surface area (Å²) in [5.41, 5.74) is 0.447. The molecule has 0 spiro atoms. The normalized spacial score (nSPS) is 14.8. The van der Waals surface area contributed by atoms with E-state index in [0.717, 1.165) is 5.56 Å². The number of allylic oxidation sites excluding steroid dienone is 1. The summed E-state index contributed by atoms with van der Waals surface area (Å²) in [6.07, 6.45) is 3.62. The molecule has 1 aromatic carbocycles. The second-order valence-electron chi connectivity index (χ2n) is 4.08. The summed E-state index contributed by atoms with van der Waals surface area (Å²) in [6.45, 7) is 5.69. The molecule has 0 aliphatic heterocycles. The minimum absolute atomic E-state index is 0.285. The minimum Gasteiger partial charge on any atom is -0.479 e. The number of ether oxygens (including phenoxy) is 1. The Morgan fingerprint density at radius 2 is 2.00 bits per heavy atom. The third-order valence-electron chi connectivity index (χ3n) is 2.71. The SMILES string of the molecule is CC=CCOC(C)(C(=O)O)c1ccc(C)cc1. The van der Waals surface area contributed by atoms with Gasteiger partial charge in [-0.05, 0) is 26.3 Å².